The molecule has 0 aliphatic carbocycles. The van der Waals surface area contributed by atoms with Gasteiger partial charge in [-0.25, -0.2) is 4.98 Å². The molecule has 0 spiro atoms. The summed E-state index contributed by atoms with van der Waals surface area (Å²) < 4.78 is 0. The second-order valence-corrected chi connectivity index (χ2v) is 3.33. The summed E-state index contributed by atoms with van der Waals surface area (Å²) in [5.74, 6) is 0.00542. The third-order valence-corrected chi connectivity index (χ3v) is 1.81. The van der Waals surface area contributed by atoms with Crippen LogP contribution in [-0.2, 0) is 0 Å². The fourth-order valence-electron chi connectivity index (χ4n) is 1.04. The molecule has 0 fully saturated rings. The van der Waals surface area contributed by atoms with Gasteiger partial charge < -0.3 is 5.32 Å². The van der Waals surface area contributed by atoms with Crippen LogP contribution in [-0.4, -0.2) is 16.5 Å². The number of hydrogen-bond donors (Lipinski definition) is 1. The monoisotopic (exact) mass is 238 g/mol. The summed E-state index contributed by atoms with van der Waals surface area (Å²) in [5.41, 5.74) is -0.411. The van der Waals surface area contributed by atoms with Crippen LogP contribution in [0.1, 0.15) is 5.56 Å². The molecule has 0 aromatic carbocycles. The Morgan fingerprint density at radius 2 is 2.50 bits per heavy atom. The first kappa shape index (κ1) is 11.9. The zero-order valence-electron chi connectivity index (χ0n) is 8.11. The summed E-state index contributed by atoms with van der Waals surface area (Å²) in [6.45, 7) is 3.57. The predicted octanol–water partition coefficient (Wildman–Crippen LogP) is 2.03. The molecule has 82 valence electrons. The Labute approximate surface area is 96.3 Å². The Morgan fingerprint density at radius 1 is 1.81 bits per heavy atom. The molecule has 0 aliphatic heterocycles. The number of nitro groups is 1. The Hall–Kier alpha value is -2.13. The summed E-state index contributed by atoms with van der Waals surface area (Å²) in [5, 5.41) is 22.4. The number of aromatic nitrogens is 1. The van der Waals surface area contributed by atoms with Crippen LogP contribution in [0.15, 0.2) is 23.9 Å². The molecule has 0 aliphatic rings. The van der Waals surface area contributed by atoms with E-state index in [4.69, 9.17) is 16.9 Å². The predicted molar refractivity (Wildman–Crippen MR) is 59.1 cm³/mol. The first-order valence-electron chi connectivity index (χ1n) is 4.17. The van der Waals surface area contributed by atoms with Crippen LogP contribution < -0.4 is 5.32 Å². The van der Waals surface area contributed by atoms with Crippen LogP contribution in [0.5, 0.6) is 0 Å². The second-order valence-electron chi connectivity index (χ2n) is 2.80. The third kappa shape index (κ3) is 2.68. The van der Waals surface area contributed by atoms with E-state index < -0.39 is 4.92 Å². The van der Waals surface area contributed by atoms with E-state index >= 15 is 0 Å². The largest absolute Gasteiger partial charge is 0.359 e. The maximum absolute atomic E-state index is 10.8. The van der Waals surface area contributed by atoms with Gasteiger partial charge >= 0.3 is 5.69 Å². The number of nitrogens with one attached hydrogen (secondary N) is 1. The van der Waals surface area contributed by atoms with Gasteiger partial charge in [0.1, 0.15) is 11.6 Å². The van der Waals surface area contributed by atoms with Gasteiger partial charge in [-0.05, 0) is 6.07 Å². The highest BCUT2D eigenvalue weighted by molar-refractivity contribution is 6.29. The molecule has 0 bridgehead atoms. The Morgan fingerprint density at radius 3 is 3.00 bits per heavy atom. The molecule has 0 saturated heterocycles. The summed E-state index contributed by atoms with van der Waals surface area (Å²) in [6.07, 6.45) is 1.31. The highest BCUT2D eigenvalue weighted by Gasteiger charge is 2.20. The van der Waals surface area contributed by atoms with Gasteiger partial charge in [0.05, 0.1) is 11.5 Å². The number of nitriles is 1. The van der Waals surface area contributed by atoms with Gasteiger partial charge in [-0.3, -0.25) is 10.1 Å². The number of rotatable bonds is 4. The molecule has 0 radical (unpaired) electrons. The lowest BCUT2D eigenvalue weighted by molar-refractivity contribution is -0.384. The summed E-state index contributed by atoms with van der Waals surface area (Å²) in [4.78, 5) is 13.9. The smallest absolute Gasteiger partial charge is 0.328 e. The molecule has 7 heteroatoms. The Kier molecular flexibility index (Phi) is 3.80. The number of nitrogens with zero attached hydrogens (tertiary/aromatic N) is 3. The topological polar surface area (TPSA) is 91.8 Å². The molecule has 16 heavy (non-hydrogen) atoms. The molecule has 1 N–H and O–H groups in total. The average Bonchev–Trinajstić information content (AvgIpc) is 2.25. The molecule has 1 rings (SSSR count). The van der Waals surface area contributed by atoms with Crippen LogP contribution >= 0.6 is 11.6 Å². The summed E-state index contributed by atoms with van der Waals surface area (Å²) in [7, 11) is 0. The van der Waals surface area contributed by atoms with Crippen LogP contribution in [0.2, 0.25) is 0 Å². The van der Waals surface area contributed by atoms with Crippen molar-refractivity contribution in [2.75, 3.05) is 11.9 Å². The molecular weight excluding hydrogens is 232 g/mol. The molecule has 0 unspecified atom stereocenters. The third-order valence-electron chi connectivity index (χ3n) is 1.67. The van der Waals surface area contributed by atoms with Crippen LogP contribution in [0.4, 0.5) is 11.5 Å². The van der Waals surface area contributed by atoms with E-state index in [1.807, 2.05) is 0 Å². The molecule has 0 saturated carbocycles. The molecular formula is C9H7ClN4O2. The van der Waals surface area contributed by atoms with Crippen molar-refractivity contribution >= 4 is 23.1 Å². The Balaban J connectivity index is 3.13. The van der Waals surface area contributed by atoms with Gasteiger partial charge in [-0.2, -0.15) is 5.26 Å². The van der Waals surface area contributed by atoms with Crippen molar-refractivity contribution in [1.29, 1.82) is 5.26 Å². The zero-order chi connectivity index (χ0) is 12.1. The first-order chi connectivity index (χ1) is 7.56. The Bertz CT molecular complexity index is 481. The standard InChI is InChI=1S/C9H7ClN4O2/c1-6(10)5-13-9-8(14(15)16)7(4-11)2-3-12-9/h2-3H,1,5H2,(H,12,13). The van der Waals surface area contributed by atoms with Gasteiger partial charge in [0.15, 0.2) is 0 Å². The van der Waals surface area contributed by atoms with Crippen LogP contribution in [0, 0.1) is 21.4 Å². The van der Waals surface area contributed by atoms with E-state index in [0.717, 1.165) is 0 Å². The van der Waals surface area contributed by atoms with E-state index in [1.54, 1.807) is 6.07 Å². The van der Waals surface area contributed by atoms with E-state index in [9.17, 15) is 10.1 Å². The molecule has 1 heterocycles. The molecule has 1 aromatic heterocycles. The van der Waals surface area contributed by atoms with Crippen molar-refractivity contribution in [3.05, 3.63) is 39.6 Å². The van der Waals surface area contributed by atoms with Gasteiger partial charge in [0.25, 0.3) is 0 Å². The van der Waals surface area contributed by atoms with E-state index in [1.165, 1.54) is 12.3 Å². The number of hydrogen-bond acceptors (Lipinski definition) is 5. The number of halogens is 1. The van der Waals surface area contributed by atoms with Crippen molar-refractivity contribution in [2.45, 2.75) is 0 Å². The second kappa shape index (κ2) is 5.09. The van der Waals surface area contributed by atoms with Gasteiger partial charge in [0.2, 0.25) is 5.82 Å². The highest BCUT2D eigenvalue weighted by atomic mass is 35.5. The quantitative estimate of drug-likeness (QED) is 0.640. The minimum Gasteiger partial charge on any atom is -0.359 e. The summed E-state index contributed by atoms with van der Waals surface area (Å²) in [6, 6.07) is 3.00. The maximum atomic E-state index is 10.8. The molecule has 1 aromatic rings. The lowest BCUT2D eigenvalue weighted by Crippen LogP contribution is -2.07. The van der Waals surface area contributed by atoms with Crippen molar-refractivity contribution in [3.63, 3.8) is 0 Å². The molecule has 6 nitrogen and oxygen atoms in total. The maximum Gasteiger partial charge on any atom is 0.328 e. The van der Waals surface area contributed by atoms with Gasteiger partial charge in [-0.1, -0.05) is 18.2 Å². The van der Waals surface area contributed by atoms with Gasteiger partial charge in [0, 0.05) is 11.2 Å². The lowest BCUT2D eigenvalue weighted by Gasteiger charge is -2.05. The van der Waals surface area contributed by atoms with Crippen molar-refractivity contribution in [1.82, 2.24) is 4.98 Å². The SMILES string of the molecule is C=C(Cl)CNc1nccc(C#N)c1[N+](=O)[O-]. The van der Waals surface area contributed by atoms with Crippen molar-refractivity contribution in [2.24, 2.45) is 0 Å². The minimum atomic E-state index is -0.662. The van der Waals surface area contributed by atoms with Crippen LogP contribution in [0.25, 0.3) is 0 Å². The van der Waals surface area contributed by atoms with Crippen LogP contribution in [0.3, 0.4) is 0 Å². The van der Waals surface area contributed by atoms with Crippen molar-refractivity contribution in [3.8, 4) is 6.07 Å². The average molecular weight is 239 g/mol. The molecule has 0 atom stereocenters. The fraction of sp³-hybridized carbons (Fsp3) is 0.111. The number of anilines is 1. The van der Waals surface area contributed by atoms with E-state index in [0.29, 0.717) is 5.03 Å². The number of pyridine rings is 1. The van der Waals surface area contributed by atoms with E-state index in [-0.39, 0.29) is 23.6 Å². The lowest BCUT2D eigenvalue weighted by atomic mass is 10.2. The minimum absolute atomic E-state index is 0.00542. The zero-order valence-corrected chi connectivity index (χ0v) is 8.86. The van der Waals surface area contributed by atoms with Crippen molar-refractivity contribution < 1.29 is 4.92 Å². The molecule has 0 amide bonds. The first-order valence-corrected chi connectivity index (χ1v) is 4.54. The highest BCUT2D eigenvalue weighted by Crippen LogP contribution is 2.25. The van der Waals surface area contributed by atoms with E-state index in [2.05, 4.69) is 16.9 Å². The van der Waals surface area contributed by atoms with Gasteiger partial charge in [-0.15, -0.1) is 0 Å². The summed E-state index contributed by atoms with van der Waals surface area (Å²) >= 11 is 5.51. The fourth-order valence-corrected chi connectivity index (χ4v) is 1.10. The normalized spacial score (nSPS) is 9.25.